The van der Waals surface area contributed by atoms with E-state index in [-0.39, 0.29) is 11.8 Å². The molecule has 0 saturated heterocycles. The number of benzene rings is 2. The molecular weight excluding hydrogens is 464 g/mol. The largest absolute Gasteiger partial charge is 0.497 e. The molecule has 0 bridgehead atoms. The molecule has 3 aromatic rings. The summed E-state index contributed by atoms with van der Waals surface area (Å²) in [6.45, 7) is 3.48. The third-order valence-corrected chi connectivity index (χ3v) is 5.43. The first-order chi connectivity index (χ1) is 14.7. The molecule has 0 fully saturated rings. The van der Waals surface area contributed by atoms with Gasteiger partial charge in [-0.2, -0.15) is 5.10 Å². The fraction of sp³-hybridized carbons (Fsp3) is 0.227. The Balaban J connectivity index is 1.72. The van der Waals surface area contributed by atoms with Crippen molar-refractivity contribution in [2.45, 2.75) is 19.4 Å². The quantitative estimate of drug-likeness (QED) is 0.519. The third kappa shape index (κ3) is 5.05. The highest BCUT2D eigenvalue weighted by Gasteiger charge is 2.31. The van der Waals surface area contributed by atoms with Gasteiger partial charge in [0.2, 0.25) is 0 Å². The first-order valence-electron chi connectivity index (χ1n) is 9.40. The molecule has 1 heterocycles. The number of halogens is 1. The van der Waals surface area contributed by atoms with E-state index >= 15 is 0 Å². The average molecular weight is 487 g/mol. The molecule has 2 N–H and O–H groups in total. The molecule has 1 aromatic heterocycles. The fourth-order valence-electron chi connectivity index (χ4n) is 2.76. The fourth-order valence-corrected chi connectivity index (χ4v) is 3.19. The van der Waals surface area contributed by atoms with Crippen LogP contribution in [-0.4, -0.2) is 35.8 Å². The van der Waals surface area contributed by atoms with E-state index in [1.54, 1.807) is 69.6 Å². The van der Waals surface area contributed by atoms with Crippen LogP contribution in [0.5, 0.6) is 11.5 Å². The van der Waals surface area contributed by atoms with E-state index in [9.17, 15) is 9.59 Å². The first-order valence-corrected chi connectivity index (χ1v) is 10.2. The normalized spacial score (nSPS) is 11.0. The van der Waals surface area contributed by atoms with Crippen LogP contribution in [-0.2, 0) is 10.3 Å². The molecule has 8 nitrogen and oxygen atoms in total. The number of rotatable bonds is 7. The number of carbonyl (C=O) groups excluding carboxylic acids is 2. The van der Waals surface area contributed by atoms with E-state index in [0.29, 0.717) is 32.9 Å². The Bertz CT molecular complexity index is 1090. The third-order valence-electron chi connectivity index (χ3n) is 4.73. The van der Waals surface area contributed by atoms with E-state index in [1.807, 2.05) is 0 Å². The van der Waals surface area contributed by atoms with Gasteiger partial charge in [0.25, 0.3) is 11.8 Å². The molecule has 0 aliphatic rings. The van der Waals surface area contributed by atoms with Crippen molar-refractivity contribution in [3.63, 3.8) is 0 Å². The van der Waals surface area contributed by atoms with Gasteiger partial charge in [0.05, 0.1) is 31.7 Å². The average Bonchev–Trinajstić information content (AvgIpc) is 3.23. The van der Waals surface area contributed by atoms with Gasteiger partial charge < -0.3 is 20.1 Å². The lowest BCUT2D eigenvalue weighted by atomic mass is 10.0. The number of aromatic nitrogens is 2. The van der Waals surface area contributed by atoms with Crippen LogP contribution in [0.25, 0.3) is 0 Å². The molecule has 2 aromatic carbocycles. The first kappa shape index (κ1) is 22.4. The predicted molar refractivity (Wildman–Crippen MR) is 122 cm³/mol. The van der Waals surface area contributed by atoms with Gasteiger partial charge in [0, 0.05) is 16.4 Å². The lowest BCUT2D eigenvalue weighted by Crippen LogP contribution is -2.40. The zero-order valence-electron chi connectivity index (χ0n) is 17.6. The van der Waals surface area contributed by atoms with Crippen molar-refractivity contribution in [1.82, 2.24) is 9.78 Å². The summed E-state index contributed by atoms with van der Waals surface area (Å²) >= 11 is 3.37. The van der Waals surface area contributed by atoms with Gasteiger partial charge in [-0.1, -0.05) is 0 Å². The molecule has 162 valence electrons. The van der Waals surface area contributed by atoms with Crippen molar-refractivity contribution in [2.75, 3.05) is 24.9 Å². The molecule has 31 heavy (non-hydrogen) atoms. The van der Waals surface area contributed by atoms with Gasteiger partial charge in [-0.15, -0.1) is 0 Å². The molecule has 0 aliphatic heterocycles. The van der Waals surface area contributed by atoms with Crippen LogP contribution in [0.15, 0.2) is 59.3 Å². The Kier molecular flexibility index (Phi) is 6.65. The lowest BCUT2D eigenvalue weighted by Gasteiger charge is -2.24. The van der Waals surface area contributed by atoms with Crippen molar-refractivity contribution in [3.8, 4) is 11.5 Å². The van der Waals surface area contributed by atoms with Gasteiger partial charge >= 0.3 is 0 Å². The van der Waals surface area contributed by atoms with Crippen molar-refractivity contribution in [2.24, 2.45) is 0 Å². The summed E-state index contributed by atoms with van der Waals surface area (Å²) in [6.07, 6.45) is 3.11. The zero-order chi connectivity index (χ0) is 22.6. The predicted octanol–water partition coefficient (Wildman–Crippen LogP) is 4.29. The Morgan fingerprint density at radius 2 is 1.61 bits per heavy atom. The second-order valence-corrected chi connectivity index (χ2v) is 8.07. The van der Waals surface area contributed by atoms with Crippen LogP contribution in [0.4, 0.5) is 11.4 Å². The summed E-state index contributed by atoms with van der Waals surface area (Å²) in [7, 11) is 3.12. The number of hydrogen-bond donors (Lipinski definition) is 2. The molecule has 9 heteroatoms. The van der Waals surface area contributed by atoms with Crippen LogP contribution in [0.3, 0.4) is 0 Å². The van der Waals surface area contributed by atoms with Crippen LogP contribution in [0, 0.1) is 0 Å². The molecule has 0 radical (unpaired) electrons. The number of nitrogens with zero attached hydrogens (tertiary/aromatic N) is 2. The number of methoxy groups -OCH3 is 2. The summed E-state index contributed by atoms with van der Waals surface area (Å²) in [5, 5.41) is 9.92. The Hall–Kier alpha value is -3.33. The van der Waals surface area contributed by atoms with E-state index in [2.05, 4.69) is 31.7 Å². The van der Waals surface area contributed by atoms with E-state index in [1.165, 1.54) is 18.0 Å². The lowest BCUT2D eigenvalue weighted by molar-refractivity contribution is -0.123. The van der Waals surface area contributed by atoms with Crippen molar-refractivity contribution in [1.29, 1.82) is 0 Å². The minimum Gasteiger partial charge on any atom is -0.497 e. The summed E-state index contributed by atoms with van der Waals surface area (Å²) < 4.78 is 12.4. The Morgan fingerprint density at radius 3 is 2.26 bits per heavy atom. The monoisotopic (exact) mass is 486 g/mol. The molecule has 0 unspecified atom stereocenters. The van der Waals surface area contributed by atoms with Crippen LogP contribution < -0.4 is 20.1 Å². The van der Waals surface area contributed by atoms with Crippen molar-refractivity contribution < 1.29 is 19.1 Å². The molecule has 2 amide bonds. The van der Waals surface area contributed by atoms with Crippen molar-refractivity contribution >= 4 is 39.1 Å². The van der Waals surface area contributed by atoms with E-state index in [4.69, 9.17) is 9.47 Å². The van der Waals surface area contributed by atoms with E-state index < -0.39 is 5.54 Å². The maximum atomic E-state index is 12.8. The zero-order valence-corrected chi connectivity index (χ0v) is 19.2. The summed E-state index contributed by atoms with van der Waals surface area (Å²) in [5.41, 5.74) is 0.524. The van der Waals surface area contributed by atoms with Gasteiger partial charge in [0.1, 0.15) is 17.0 Å². The number of anilines is 2. The van der Waals surface area contributed by atoms with Crippen LogP contribution in [0.1, 0.15) is 24.2 Å². The molecule has 3 rings (SSSR count). The van der Waals surface area contributed by atoms with Gasteiger partial charge in [-0.25, -0.2) is 0 Å². The van der Waals surface area contributed by atoms with Gasteiger partial charge in [-0.05, 0) is 72.2 Å². The minimum atomic E-state index is -1.00. The second kappa shape index (κ2) is 9.22. The molecule has 0 aliphatic carbocycles. The minimum absolute atomic E-state index is 0.255. The molecular formula is C22H23BrN4O4. The molecule has 0 saturated carbocycles. The standard InChI is InChI=1S/C22H23BrN4O4/c1-22(2,21(29)26-14-5-7-16(30-3)8-6-14)27-13-15(12-24-27)25-20(28)18-11-17(31-4)9-10-19(18)23/h5-13H,1-4H3,(H,25,28)(H,26,29). The number of nitrogens with one attached hydrogen (secondary N) is 2. The second-order valence-electron chi connectivity index (χ2n) is 7.22. The number of hydrogen-bond acceptors (Lipinski definition) is 5. The van der Waals surface area contributed by atoms with E-state index in [0.717, 1.165) is 0 Å². The number of amides is 2. The molecule has 0 spiro atoms. The number of ether oxygens (including phenoxy) is 2. The maximum absolute atomic E-state index is 12.8. The smallest absolute Gasteiger partial charge is 0.257 e. The summed E-state index contributed by atoms with van der Waals surface area (Å²) in [5.74, 6) is 0.688. The highest BCUT2D eigenvalue weighted by atomic mass is 79.9. The van der Waals surface area contributed by atoms with Crippen LogP contribution in [0.2, 0.25) is 0 Å². The maximum Gasteiger partial charge on any atom is 0.257 e. The number of carbonyl (C=O) groups is 2. The van der Waals surface area contributed by atoms with Gasteiger partial charge in [-0.3, -0.25) is 14.3 Å². The highest BCUT2D eigenvalue weighted by molar-refractivity contribution is 9.10. The Morgan fingerprint density at radius 1 is 0.968 bits per heavy atom. The molecule has 0 atom stereocenters. The SMILES string of the molecule is COc1ccc(NC(=O)C(C)(C)n2cc(NC(=O)c3cc(OC)ccc3Br)cn2)cc1. The summed E-state index contributed by atoms with van der Waals surface area (Å²) in [4.78, 5) is 25.5. The summed E-state index contributed by atoms with van der Waals surface area (Å²) in [6, 6.07) is 12.2. The van der Waals surface area contributed by atoms with Gasteiger partial charge in [0.15, 0.2) is 0 Å². The Labute approximate surface area is 188 Å². The van der Waals surface area contributed by atoms with Crippen molar-refractivity contribution in [3.05, 3.63) is 64.9 Å². The van der Waals surface area contributed by atoms with Crippen LogP contribution >= 0.6 is 15.9 Å². The topological polar surface area (TPSA) is 94.5 Å². The highest BCUT2D eigenvalue weighted by Crippen LogP contribution is 2.25.